The number of aromatic nitrogens is 1. The van der Waals surface area contributed by atoms with Crippen LogP contribution in [0.3, 0.4) is 0 Å². The Morgan fingerprint density at radius 2 is 2.04 bits per heavy atom. The lowest BCUT2D eigenvalue weighted by molar-refractivity contribution is 0.0949. The number of primary sulfonamides is 1. The van der Waals surface area contributed by atoms with E-state index in [1.807, 2.05) is 6.07 Å². The maximum atomic E-state index is 13.7. The van der Waals surface area contributed by atoms with Crippen molar-refractivity contribution in [2.45, 2.75) is 11.3 Å². The lowest BCUT2D eigenvalue weighted by Gasteiger charge is -2.08. The van der Waals surface area contributed by atoms with Crippen LogP contribution in [-0.4, -0.2) is 32.4 Å². The molecule has 0 atom stereocenters. The van der Waals surface area contributed by atoms with Gasteiger partial charge in [-0.1, -0.05) is 0 Å². The molecule has 2 aromatic rings. The lowest BCUT2D eigenvalue weighted by Crippen LogP contribution is -2.27. The Hall–Kier alpha value is -2.52. The first-order valence-electron chi connectivity index (χ1n) is 7.12. The number of rotatable bonds is 7. The van der Waals surface area contributed by atoms with Crippen molar-refractivity contribution in [1.82, 2.24) is 10.3 Å². The van der Waals surface area contributed by atoms with Crippen LogP contribution in [0.4, 0.5) is 10.1 Å². The van der Waals surface area contributed by atoms with Gasteiger partial charge in [0.15, 0.2) is 0 Å². The SMILES string of the molecule is NS(=O)(=O)c1ccc(F)c(C(=O)NCCCNc2cccnc2)c1. The van der Waals surface area contributed by atoms with E-state index in [1.165, 1.54) is 0 Å². The number of nitrogens with one attached hydrogen (secondary N) is 2. The Labute approximate surface area is 139 Å². The smallest absolute Gasteiger partial charge is 0.254 e. The van der Waals surface area contributed by atoms with Gasteiger partial charge in [-0.2, -0.15) is 0 Å². The van der Waals surface area contributed by atoms with Crippen LogP contribution in [0.2, 0.25) is 0 Å². The van der Waals surface area contributed by atoms with Crippen LogP contribution >= 0.6 is 0 Å². The van der Waals surface area contributed by atoms with Gasteiger partial charge in [-0.3, -0.25) is 9.78 Å². The summed E-state index contributed by atoms with van der Waals surface area (Å²) < 4.78 is 36.2. The molecule has 24 heavy (non-hydrogen) atoms. The van der Waals surface area contributed by atoms with Gasteiger partial charge in [-0.15, -0.1) is 0 Å². The predicted octanol–water partition coefficient (Wildman–Crippen LogP) is 1.10. The Balaban J connectivity index is 1.86. The fourth-order valence-corrected chi connectivity index (χ4v) is 2.48. The Morgan fingerprint density at radius 3 is 2.71 bits per heavy atom. The van der Waals surface area contributed by atoms with Gasteiger partial charge < -0.3 is 10.6 Å². The fourth-order valence-electron chi connectivity index (χ4n) is 1.94. The van der Waals surface area contributed by atoms with Gasteiger partial charge in [0, 0.05) is 25.5 Å². The number of nitrogens with zero attached hydrogens (tertiary/aromatic N) is 1. The second-order valence-electron chi connectivity index (χ2n) is 4.96. The Morgan fingerprint density at radius 1 is 1.25 bits per heavy atom. The van der Waals surface area contributed by atoms with E-state index in [-0.39, 0.29) is 10.5 Å². The van der Waals surface area contributed by atoms with Gasteiger partial charge >= 0.3 is 0 Å². The third kappa shape index (κ3) is 5.00. The molecule has 1 heterocycles. The van der Waals surface area contributed by atoms with Crippen molar-refractivity contribution >= 4 is 21.6 Å². The number of nitrogens with two attached hydrogens (primary N) is 1. The van der Waals surface area contributed by atoms with Gasteiger partial charge in [-0.25, -0.2) is 17.9 Å². The molecule has 0 saturated carbocycles. The van der Waals surface area contributed by atoms with Crippen LogP contribution in [0.15, 0.2) is 47.6 Å². The molecule has 1 aromatic carbocycles. The van der Waals surface area contributed by atoms with Crippen molar-refractivity contribution in [1.29, 1.82) is 0 Å². The summed E-state index contributed by atoms with van der Waals surface area (Å²) in [5.41, 5.74) is 0.498. The minimum absolute atomic E-state index is 0.297. The van der Waals surface area contributed by atoms with Gasteiger partial charge in [0.2, 0.25) is 10.0 Å². The summed E-state index contributed by atoms with van der Waals surface area (Å²) in [5.74, 6) is -1.51. The molecule has 1 aromatic heterocycles. The molecule has 0 aliphatic rings. The topological polar surface area (TPSA) is 114 Å². The van der Waals surface area contributed by atoms with Gasteiger partial charge in [0.05, 0.1) is 16.1 Å². The lowest BCUT2D eigenvalue weighted by atomic mass is 10.2. The van der Waals surface area contributed by atoms with Crippen LogP contribution in [0.25, 0.3) is 0 Å². The second kappa shape index (κ2) is 7.84. The normalized spacial score (nSPS) is 11.1. The highest BCUT2D eigenvalue weighted by Crippen LogP contribution is 2.14. The maximum Gasteiger partial charge on any atom is 0.254 e. The largest absolute Gasteiger partial charge is 0.384 e. The van der Waals surface area contributed by atoms with Crippen LogP contribution in [0, 0.1) is 5.82 Å². The van der Waals surface area contributed by atoms with E-state index in [2.05, 4.69) is 15.6 Å². The fraction of sp³-hybridized carbons (Fsp3) is 0.200. The molecule has 0 saturated heterocycles. The third-order valence-electron chi connectivity index (χ3n) is 3.14. The summed E-state index contributed by atoms with van der Waals surface area (Å²) in [6.07, 6.45) is 3.93. The van der Waals surface area contributed by atoms with Gasteiger partial charge in [0.25, 0.3) is 5.91 Å². The van der Waals surface area contributed by atoms with Crippen LogP contribution in [-0.2, 0) is 10.0 Å². The summed E-state index contributed by atoms with van der Waals surface area (Å²) >= 11 is 0. The molecule has 0 aliphatic carbocycles. The molecular formula is C15H17FN4O3S. The van der Waals surface area contributed by atoms with Crippen LogP contribution in [0.5, 0.6) is 0 Å². The summed E-state index contributed by atoms with van der Waals surface area (Å²) in [6, 6.07) is 6.50. The molecule has 0 spiro atoms. The zero-order chi connectivity index (χ0) is 17.6. The number of sulfonamides is 1. The minimum Gasteiger partial charge on any atom is -0.384 e. The molecule has 0 aliphatic heterocycles. The first-order chi connectivity index (χ1) is 11.4. The quantitative estimate of drug-likeness (QED) is 0.646. The predicted molar refractivity (Wildman–Crippen MR) is 87.5 cm³/mol. The highest BCUT2D eigenvalue weighted by atomic mass is 32.2. The number of carbonyl (C=O) groups is 1. The van der Waals surface area contributed by atoms with E-state index in [9.17, 15) is 17.6 Å². The third-order valence-corrected chi connectivity index (χ3v) is 4.05. The van der Waals surface area contributed by atoms with E-state index in [1.54, 1.807) is 18.5 Å². The van der Waals surface area contributed by atoms with Crippen molar-refractivity contribution in [3.05, 3.63) is 54.1 Å². The van der Waals surface area contributed by atoms with Gasteiger partial charge in [-0.05, 0) is 36.8 Å². The average molecular weight is 352 g/mol. The van der Waals surface area contributed by atoms with Crippen LogP contribution in [0.1, 0.15) is 16.8 Å². The van der Waals surface area contributed by atoms with Gasteiger partial charge in [0.1, 0.15) is 5.82 Å². The molecule has 0 unspecified atom stereocenters. The molecular weight excluding hydrogens is 335 g/mol. The average Bonchev–Trinajstić information content (AvgIpc) is 2.54. The molecule has 1 amide bonds. The zero-order valence-corrected chi connectivity index (χ0v) is 13.5. The monoisotopic (exact) mass is 352 g/mol. The molecule has 0 fully saturated rings. The minimum atomic E-state index is -4.00. The molecule has 0 bridgehead atoms. The number of hydrogen-bond acceptors (Lipinski definition) is 5. The van der Waals surface area contributed by atoms with Crippen molar-refractivity contribution < 1.29 is 17.6 Å². The number of anilines is 1. The summed E-state index contributed by atoms with van der Waals surface area (Å²) in [4.78, 5) is 15.6. The first-order valence-corrected chi connectivity index (χ1v) is 8.67. The molecule has 0 radical (unpaired) electrons. The van der Waals surface area contributed by atoms with Crippen molar-refractivity contribution in [3.63, 3.8) is 0 Å². The highest BCUT2D eigenvalue weighted by molar-refractivity contribution is 7.89. The van der Waals surface area contributed by atoms with Crippen LogP contribution < -0.4 is 15.8 Å². The van der Waals surface area contributed by atoms with Crippen molar-refractivity contribution in [3.8, 4) is 0 Å². The van der Waals surface area contributed by atoms with E-state index in [0.717, 1.165) is 23.9 Å². The van der Waals surface area contributed by atoms with E-state index in [4.69, 9.17) is 5.14 Å². The number of benzene rings is 1. The highest BCUT2D eigenvalue weighted by Gasteiger charge is 2.16. The summed E-state index contributed by atoms with van der Waals surface area (Å²) in [5, 5.41) is 10.6. The van der Waals surface area contributed by atoms with Crippen molar-refractivity contribution in [2.75, 3.05) is 18.4 Å². The standard InChI is InChI=1S/C15H17FN4O3S/c16-14-5-4-12(24(17,22)23)9-13(14)15(21)20-8-2-7-19-11-3-1-6-18-10-11/h1,3-6,9-10,19H,2,7-8H2,(H,20,21)(H2,17,22,23). The Kier molecular flexibility index (Phi) is 5.83. The summed E-state index contributed by atoms with van der Waals surface area (Å²) in [6.45, 7) is 0.886. The number of hydrogen-bond donors (Lipinski definition) is 3. The molecule has 9 heteroatoms. The van der Waals surface area contributed by atoms with E-state index < -0.39 is 21.7 Å². The van der Waals surface area contributed by atoms with Crippen molar-refractivity contribution in [2.24, 2.45) is 5.14 Å². The number of pyridine rings is 1. The molecule has 2 rings (SSSR count). The number of carbonyl (C=O) groups excluding carboxylic acids is 1. The zero-order valence-electron chi connectivity index (χ0n) is 12.7. The molecule has 4 N–H and O–H groups in total. The first kappa shape index (κ1) is 17.8. The number of amides is 1. The maximum absolute atomic E-state index is 13.7. The van der Waals surface area contributed by atoms with E-state index in [0.29, 0.717) is 19.5 Å². The number of halogens is 1. The molecule has 7 nitrogen and oxygen atoms in total. The van der Waals surface area contributed by atoms with E-state index >= 15 is 0 Å². The summed E-state index contributed by atoms with van der Waals surface area (Å²) in [7, 11) is -4.00. The second-order valence-corrected chi connectivity index (χ2v) is 6.53. The Bertz CT molecular complexity index is 813. The molecule has 128 valence electrons.